The monoisotopic (exact) mass is 197 g/mol. The fourth-order valence-corrected chi connectivity index (χ4v) is 0.412. The SMILES string of the molecule is CC(Cl)C(Cl)/C=N/NC(N)=O. The van der Waals surface area contributed by atoms with E-state index in [9.17, 15) is 4.79 Å². The molecule has 4 nitrogen and oxygen atoms in total. The zero-order chi connectivity index (χ0) is 8.85. The van der Waals surface area contributed by atoms with Crippen LogP contribution in [0.25, 0.3) is 0 Å². The summed E-state index contributed by atoms with van der Waals surface area (Å²) >= 11 is 11.2. The number of urea groups is 1. The molecule has 0 radical (unpaired) electrons. The van der Waals surface area contributed by atoms with E-state index in [0.717, 1.165) is 0 Å². The minimum Gasteiger partial charge on any atom is -0.350 e. The lowest BCUT2D eigenvalue weighted by Gasteiger charge is -2.03. The highest BCUT2D eigenvalue weighted by molar-refractivity contribution is 6.35. The summed E-state index contributed by atoms with van der Waals surface area (Å²) in [5, 5.41) is 2.77. The van der Waals surface area contributed by atoms with Crippen molar-refractivity contribution in [3.63, 3.8) is 0 Å². The van der Waals surface area contributed by atoms with Gasteiger partial charge in [0.05, 0.1) is 10.8 Å². The maximum atomic E-state index is 10.1. The molecule has 0 aromatic heterocycles. The van der Waals surface area contributed by atoms with Crippen LogP contribution in [0, 0.1) is 0 Å². The molecule has 0 rings (SSSR count). The second-order valence-electron chi connectivity index (χ2n) is 1.88. The van der Waals surface area contributed by atoms with Gasteiger partial charge in [-0.05, 0) is 6.92 Å². The van der Waals surface area contributed by atoms with Crippen molar-refractivity contribution in [3.05, 3.63) is 0 Å². The smallest absolute Gasteiger partial charge is 0.332 e. The average Bonchev–Trinajstić information content (AvgIpc) is 1.86. The molecule has 0 aliphatic carbocycles. The second kappa shape index (κ2) is 5.21. The summed E-state index contributed by atoms with van der Waals surface area (Å²) in [4.78, 5) is 10.1. The lowest BCUT2D eigenvalue weighted by molar-refractivity contribution is 0.249. The first-order valence-corrected chi connectivity index (χ1v) is 3.78. The quantitative estimate of drug-likeness (QED) is 0.394. The van der Waals surface area contributed by atoms with Crippen molar-refractivity contribution >= 4 is 35.4 Å². The van der Waals surface area contributed by atoms with Crippen molar-refractivity contribution in [1.29, 1.82) is 0 Å². The molecule has 11 heavy (non-hydrogen) atoms. The maximum absolute atomic E-state index is 10.1. The Morgan fingerprint density at radius 2 is 2.27 bits per heavy atom. The van der Waals surface area contributed by atoms with Crippen LogP contribution in [-0.4, -0.2) is 23.0 Å². The van der Waals surface area contributed by atoms with E-state index >= 15 is 0 Å². The van der Waals surface area contributed by atoms with E-state index in [2.05, 4.69) is 5.10 Å². The number of hydrogen-bond acceptors (Lipinski definition) is 2. The molecule has 0 heterocycles. The van der Waals surface area contributed by atoms with Crippen LogP contribution < -0.4 is 11.2 Å². The molecule has 2 amide bonds. The molecule has 0 spiro atoms. The lowest BCUT2D eigenvalue weighted by Crippen LogP contribution is -2.25. The summed E-state index contributed by atoms with van der Waals surface area (Å²) in [5.74, 6) is 0. The Hall–Kier alpha value is -0.480. The van der Waals surface area contributed by atoms with E-state index in [-0.39, 0.29) is 5.38 Å². The van der Waals surface area contributed by atoms with Crippen LogP contribution in [0.4, 0.5) is 4.79 Å². The number of hydrazone groups is 1. The molecule has 0 aliphatic rings. The van der Waals surface area contributed by atoms with Gasteiger partial charge in [-0.3, -0.25) is 0 Å². The van der Waals surface area contributed by atoms with Crippen molar-refractivity contribution in [2.75, 3.05) is 0 Å². The van der Waals surface area contributed by atoms with Crippen LogP contribution in [0.1, 0.15) is 6.92 Å². The van der Waals surface area contributed by atoms with Gasteiger partial charge in [-0.15, -0.1) is 23.2 Å². The number of hydrogen-bond donors (Lipinski definition) is 2. The molecule has 0 aliphatic heterocycles. The Balaban J connectivity index is 3.65. The summed E-state index contributed by atoms with van der Waals surface area (Å²) in [6.07, 6.45) is 1.31. The number of amides is 2. The molecule has 0 aromatic carbocycles. The lowest BCUT2D eigenvalue weighted by atomic mass is 10.3. The first kappa shape index (κ1) is 10.5. The van der Waals surface area contributed by atoms with Crippen LogP contribution in [0.5, 0.6) is 0 Å². The van der Waals surface area contributed by atoms with Crippen LogP contribution >= 0.6 is 23.2 Å². The highest BCUT2D eigenvalue weighted by Gasteiger charge is 2.07. The van der Waals surface area contributed by atoms with Crippen molar-refractivity contribution in [3.8, 4) is 0 Å². The molecule has 3 N–H and O–H groups in total. The number of nitrogens with zero attached hydrogens (tertiary/aromatic N) is 1. The Morgan fingerprint density at radius 3 is 2.64 bits per heavy atom. The highest BCUT2D eigenvalue weighted by atomic mass is 35.5. The van der Waals surface area contributed by atoms with E-state index in [1.807, 2.05) is 5.43 Å². The third-order valence-corrected chi connectivity index (χ3v) is 1.72. The third-order valence-electron chi connectivity index (χ3n) is 0.830. The van der Waals surface area contributed by atoms with E-state index in [1.54, 1.807) is 6.92 Å². The molecule has 64 valence electrons. The number of alkyl halides is 2. The number of carbonyl (C=O) groups is 1. The summed E-state index contributed by atoms with van der Waals surface area (Å²) in [7, 11) is 0. The molecule has 0 aromatic rings. The number of halogens is 2. The Bertz CT molecular complexity index is 160. The number of rotatable bonds is 3. The molecule has 2 unspecified atom stereocenters. The Kier molecular flexibility index (Phi) is 4.98. The number of nitrogens with two attached hydrogens (primary N) is 1. The van der Waals surface area contributed by atoms with Gasteiger partial charge in [0.2, 0.25) is 0 Å². The van der Waals surface area contributed by atoms with Gasteiger partial charge in [-0.2, -0.15) is 5.10 Å². The van der Waals surface area contributed by atoms with Gasteiger partial charge in [0.15, 0.2) is 0 Å². The molecule has 0 bridgehead atoms. The van der Waals surface area contributed by atoms with Crippen LogP contribution in [-0.2, 0) is 0 Å². The normalized spacial score (nSPS) is 16.3. The van der Waals surface area contributed by atoms with Gasteiger partial charge in [0, 0.05) is 6.21 Å². The highest BCUT2D eigenvalue weighted by Crippen LogP contribution is 2.05. The number of carbonyl (C=O) groups excluding carboxylic acids is 1. The van der Waals surface area contributed by atoms with Crippen molar-refractivity contribution in [2.45, 2.75) is 17.7 Å². The topological polar surface area (TPSA) is 67.5 Å². The number of primary amides is 1. The minimum atomic E-state index is -0.729. The summed E-state index contributed by atoms with van der Waals surface area (Å²) < 4.78 is 0. The van der Waals surface area contributed by atoms with Crippen molar-refractivity contribution in [1.82, 2.24) is 5.43 Å². The summed E-state index contributed by atoms with van der Waals surface area (Å²) in [6, 6.07) is -0.729. The average molecular weight is 198 g/mol. The Morgan fingerprint density at radius 1 is 1.73 bits per heavy atom. The van der Waals surface area contributed by atoms with Gasteiger partial charge in [0.1, 0.15) is 0 Å². The largest absolute Gasteiger partial charge is 0.350 e. The van der Waals surface area contributed by atoms with E-state index in [1.165, 1.54) is 6.21 Å². The molecule has 2 atom stereocenters. The molecular weight excluding hydrogens is 189 g/mol. The van der Waals surface area contributed by atoms with E-state index < -0.39 is 11.4 Å². The van der Waals surface area contributed by atoms with Crippen LogP contribution in [0.15, 0.2) is 5.10 Å². The minimum absolute atomic E-state index is 0.241. The van der Waals surface area contributed by atoms with Gasteiger partial charge >= 0.3 is 6.03 Å². The predicted molar refractivity (Wildman–Crippen MR) is 46.2 cm³/mol. The van der Waals surface area contributed by atoms with Crippen LogP contribution in [0.2, 0.25) is 0 Å². The zero-order valence-electron chi connectivity index (χ0n) is 5.92. The maximum Gasteiger partial charge on any atom is 0.332 e. The second-order valence-corrected chi connectivity index (χ2v) is 3.07. The van der Waals surface area contributed by atoms with Crippen LogP contribution in [0.3, 0.4) is 0 Å². The number of nitrogens with one attached hydrogen (secondary N) is 1. The van der Waals surface area contributed by atoms with Crippen molar-refractivity contribution in [2.24, 2.45) is 10.8 Å². The van der Waals surface area contributed by atoms with E-state index in [0.29, 0.717) is 0 Å². The standard InChI is InChI=1S/C5H9Cl2N3O/c1-3(6)4(7)2-9-10-5(8)11/h2-4H,1H3,(H3,8,10,11)/b9-2+. The van der Waals surface area contributed by atoms with Gasteiger partial charge in [0.25, 0.3) is 0 Å². The molecule has 0 saturated heterocycles. The molecule has 0 saturated carbocycles. The molecular formula is C5H9Cl2N3O. The van der Waals surface area contributed by atoms with Gasteiger partial charge < -0.3 is 5.73 Å². The van der Waals surface area contributed by atoms with Gasteiger partial charge in [-0.1, -0.05) is 0 Å². The fraction of sp³-hybridized carbons (Fsp3) is 0.600. The summed E-state index contributed by atoms with van der Waals surface area (Å²) in [5.41, 5.74) is 6.71. The molecule has 6 heteroatoms. The van der Waals surface area contributed by atoms with Crippen molar-refractivity contribution < 1.29 is 4.79 Å². The third kappa shape index (κ3) is 5.94. The summed E-state index contributed by atoms with van der Waals surface area (Å²) in [6.45, 7) is 1.72. The first-order chi connectivity index (χ1) is 5.04. The molecule has 0 fully saturated rings. The zero-order valence-corrected chi connectivity index (χ0v) is 7.43. The fourth-order valence-electron chi connectivity index (χ4n) is 0.291. The first-order valence-electron chi connectivity index (χ1n) is 2.91. The Labute approximate surface area is 74.7 Å². The predicted octanol–water partition coefficient (Wildman–Crippen LogP) is 0.875. The van der Waals surface area contributed by atoms with Gasteiger partial charge in [-0.25, -0.2) is 10.2 Å². The van der Waals surface area contributed by atoms with E-state index in [4.69, 9.17) is 28.9 Å².